The second-order valence-corrected chi connectivity index (χ2v) is 2.26. The van der Waals surface area contributed by atoms with Crippen molar-refractivity contribution in [3.63, 3.8) is 0 Å². The highest BCUT2D eigenvalue weighted by Gasteiger charge is 2.00. The summed E-state index contributed by atoms with van der Waals surface area (Å²) < 4.78 is 12.5. The van der Waals surface area contributed by atoms with Gasteiger partial charge in [-0.15, -0.1) is 5.12 Å². The fourth-order valence-electron chi connectivity index (χ4n) is 0.822. The van der Waals surface area contributed by atoms with Crippen molar-refractivity contribution in [2.75, 3.05) is 5.12 Å². The Bertz CT molecular complexity index is 262. The molecular formula is C8H8FNO. The summed E-state index contributed by atoms with van der Waals surface area (Å²) >= 11 is 0. The van der Waals surface area contributed by atoms with E-state index >= 15 is 0 Å². The summed E-state index contributed by atoms with van der Waals surface area (Å²) in [6.45, 7) is 1.84. The van der Waals surface area contributed by atoms with E-state index in [1.165, 1.54) is 6.07 Å². The summed E-state index contributed by atoms with van der Waals surface area (Å²) in [7, 11) is 0. The lowest BCUT2D eigenvalue weighted by molar-refractivity contribution is -0.109. The minimum absolute atomic E-state index is 0.0486. The zero-order valence-electron chi connectivity index (χ0n) is 6.12. The molecule has 1 aromatic rings. The van der Waals surface area contributed by atoms with Crippen LogP contribution < -0.4 is 5.12 Å². The quantitative estimate of drug-likeness (QED) is 0.469. The highest BCUT2D eigenvalue weighted by Crippen LogP contribution is 2.13. The lowest BCUT2D eigenvalue weighted by Gasteiger charge is -2.04. The van der Waals surface area contributed by atoms with Gasteiger partial charge in [-0.1, -0.05) is 16.6 Å². The van der Waals surface area contributed by atoms with Crippen molar-refractivity contribution in [3.8, 4) is 0 Å². The maximum absolute atomic E-state index is 12.5. The average molecular weight is 153 g/mol. The summed E-state index contributed by atoms with van der Waals surface area (Å²) in [5, 5.41) is 0.0486. The van der Waals surface area contributed by atoms with Crippen molar-refractivity contribution >= 4 is 12.1 Å². The van der Waals surface area contributed by atoms with Crippen LogP contribution in [0.25, 0.3) is 0 Å². The van der Waals surface area contributed by atoms with E-state index in [9.17, 15) is 9.28 Å². The number of rotatable bonds is 2. The zero-order valence-corrected chi connectivity index (χ0v) is 6.12. The lowest BCUT2D eigenvalue weighted by Crippen LogP contribution is -2.07. The van der Waals surface area contributed by atoms with Crippen molar-refractivity contribution in [1.82, 2.24) is 0 Å². The number of carbonyl (C=O) groups excluding carboxylic acids is 1. The summed E-state index contributed by atoms with van der Waals surface area (Å²) in [6.07, 6.45) is 0.134. The van der Waals surface area contributed by atoms with Crippen LogP contribution in [-0.4, -0.2) is 6.41 Å². The minimum Gasteiger partial charge on any atom is -0.276 e. The van der Waals surface area contributed by atoms with Gasteiger partial charge in [0.15, 0.2) is 0 Å². The highest BCUT2D eigenvalue weighted by molar-refractivity contribution is 5.71. The number of aryl methyl sites for hydroxylation is 1. The van der Waals surface area contributed by atoms with Crippen LogP contribution in [0.4, 0.5) is 10.2 Å². The number of halogens is 1. The zero-order chi connectivity index (χ0) is 8.27. The first-order valence-electron chi connectivity index (χ1n) is 3.21. The van der Waals surface area contributed by atoms with Crippen LogP contribution in [0.15, 0.2) is 24.3 Å². The van der Waals surface area contributed by atoms with Gasteiger partial charge < -0.3 is 0 Å². The maximum Gasteiger partial charge on any atom is 0.242 e. The van der Waals surface area contributed by atoms with Gasteiger partial charge in [-0.25, -0.2) is 0 Å². The molecule has 1 rings (SSSR count). The molecule has 0 aliphatic carbocycles. The van der Waals surface area contributed by atoms with E-state index in [1.807, 2.05) is 13.0 Å². The molecule has 0 aliphatic heterocycles. The molecule has 0 N–H and O–H groups in total. The summed E-state index contributed by atoms with van der Waals surface area (Å²) in [6, 6.07) is 6.65. The molecule has 1 amide bonds. The van der Waals surface area contributed by atoms with Gasteiger partial charge in [0, 0.05) is 0 Å². The molecule has 0 fully saturated rings. The Morgan fingerprint density at radius 3 is 2.82 bits per heavy atom. The average Bonchev–Trinajstić information content (AvgIpc) is 2.03. The van der Waals surface area contributed by atoms with E-state index < -0.39 is 0 Å². The van der Waals surface area contributed by atoms with Crippen molar-refractivity contribution < 1.29 is 9.28 Å². The molecular weight excluding hydrogens is 145 g/mol. The van der Waals surface area contributed by atoms with Crippen LogP contribution in [0.3, 0.4) is 0 Å². The first-order valence-corrected chi connectivity index (χ1v) is 3.21. The number of hydrogen-bond donors (Lipinski definition) is 0. The predicted molar refractivity (Wildman–Crippen MR) is 40.8 cm³/mol. The Kier molecular flexibility index (Phi) is 2.21. The molecule has 0 radical (unpaired) electrons. The van der Waals surface area contributed by atoms with Crippen LogP contribution in [-0.2, 0) is 4.79 Å². The Morgan fingerprint density at radius 1 is 1.55 bits per heavy atom. The van der Waals surface area contributed by atoms with Crippen molar-refractivity contribution in [3.05, 3.63) is 29.8 Å². The summed E-state index contributed by atoms with van der Waals surface area (Å²) in [5.41, 5.74) is 1.19. The van der Waals surface area contributed by atoms with Gasteiger partial charge >= 0.3 is 0 Å². The number of amides is 1. The molecule has 11 heavy (non-hydrogen) atoms. The number of nitrogens with zero attached hydrogens (tertiary/aromatic N) is 1. The van der Waals surface area contributed by atoms with Gasteiger partial charge in [0.25, 0.3) is 0 Å². The number of carbonyl (C=O) groups is 1. The van der Waals surface area contributed by atoms with E-state index in [0.717, 1.165) is 5.56 Å². The van der Waals surface area contributed by atoms with Crippen molar-refractivity contribution in [2.24, 2.45) is 0 Å². The SMILES string of the molecule is Cc1cccc(N(F)C=O)c1. The first kappa shape index (κ1) is 7.72. The Labute approximate surface area is 64.2 Å². The topological polar surface area (TPSA) is 20.3 Å². The van der Waals surface area contributed by atoms with E-state index in [4.69, 9.17) is 0 Å². The standard InChI is InChI=1S/C8H8FNO/c1-7-3-2-4-8(5-7)10(9)6-11/h2-6H,1H3. The molecule has 3 heteroatoms. The molecule has 1 aromatic carbocycles. The Balaban J connectivity index is 2.95. The summed E-state index contributed by atoms with van der Waals surface area (Å²) in [5.74, 6) is 0. The molecule has 0 bridgehead atoms. The van der Waals surface area contributed by atoms with Gasteiger partial charge in [0.05, 0.1) is 5.69 Å². The fraction of sp³-hybridized carbons (Fsp3) is 0.125. The number of benzene rings is 1. The smallest absolute Gasteiger partial charge is 0.242 e. The van der Waals surface area contributed by atoms with E-state index in [1.54, 1.807) is 12.1 Å². The predicted octanol–water partition coefficient (Wildman–Crippen LogP) is 1.84. The van der Waals surface area contributed by atoms with Crippen molar-refractivity contribution in [1.29, 1.82) is 0 Å². The normalized spacial score (nSPS) is 9.27. The van der Waals surface area contributed by atoms with E-state index in [2.05, 4.69) is 0 Å². The number of hydrogen-bond acceptors (Lipinski definition) is 1. The number of anilines is 1. The second kappa shape index (κ2) is 3.14. The summed E-state index contributed by atoms with van der Waals surface area (Å²) in [4.78, 5) is 9.97. The molecule has 0 aromatic heterocycles. The van der Waals surface area contributed by atoms with E-state index in [0.29, 0.717) is 0 Å². The minimum atomic E-state index is 0.0486. The first-order chi connectivity index (χ1) is 5.24. The molecule has 0 unspecified atom stereocenters. The van der Waals surface area contributed by atoms with Crippen LogP contribution >= 0.6 is 0 Å². The lowest BCUT2D eigenvalue weighted by atomic mass is 10.2. The van der Waals surface area contributed by atoms with Gasteiger partial charge in [0.2, 0.25) is 6.41 Å². The maximum atomic E-state index is 12.5. The molecule has 2 nitrogen and oxygen atoms in total. The third-order valence-electron chi connectivity index (χ3n) is 1.34. The third kappa shape index (κ3) is 1.77. The highest BCUT2D eigenvalue weighted by atomic mass is 19.2. The molecule has 0 atom stereocenters. The second-order valence-electron chi connectivity index (χ2n) is 2.26. The van der Waals surface area contributed by atoms with Crippen LogP contribution in [0.2, 0.25) is 0 Å². The van der Waals surface area contributed by atoms with Gasteiger partial charge in [0.1, 0.15) is 0 Å². The molecule has 0 spiro atoms. The Hall–Kier alpha value is -1.38. The van der Waals surface area contributed by atoms with Crippen molar-refractivity contribution in [2.45, 2.75) is 6.92 Å². The molecule has 0 aliphatic rings. The van der Waals surface area contributed by atoms with Crippen LogP contribution in [0.1, 0.15) is 5.56 Å². The molecule has 0 saturated carbocycles. The van der Waals surface area contributed by atoms with Gasteiger partial charge in [-0.2, -0.15) is 0 Å². The van der Waals surface area contributed by atoms with Gasteiger partial charge in [-0.05, 0) is 24.6 Å². The molecule has 0 heterocycles. The Morgan fingerprint density at radius 2 is 2.27 bits per heavy atom. The monoisotopic (exact) mass is 153 g/mol. The third-order valence-corrected chi connectivity index (χ3v) is 1.34. The van der Waals surface area contributed by atoms with Gasteiger partial charge in [-0.3, -0.25) is 4.79 Å². The van der Waals surface area contributed by atoms with Crippen LogP contribution in [0, 0.1) is 6.92 Å². The molecule has 0 saturated heterocycles. The largest absolute Gasteiger partial charge is 0.276 e. The fourth-order valence-corrected chi connectivity index (χ4v) is 0.822. The van der Waals surface area contributed by atoms with Crippen LogP contribution in [0.5, 0.6) is 0 Å². The van der Waals surface area contributed by atoms with E-state index in [-0.39, 0.29) is 17.2 Å². The molecule has 58 valence electrons.